The molecule has 2 aromatic rings. The molecule has 0 saturated heterocycles. The molecule has 5 heteroatoms. The van der Waals surface area contributed by atoms with E-state index in [0.29, 0.717) is 10.9 Å². The average molecular weight is 422 g/mol. The van der Waals surface area contributed by atoms with Crippen LogP contribution in [0.2, 0.25) is 0 Å². The Morgan fingerprint density at radius 3 is 2.00 bits per heavy atom. The number of hydrogen-bond donors (Lipinski definition) is 2. The fourth-order valence-corrected chi connectivity index (χ4v) is 2.33. The fraction of sp³-hybridized carbons (Fsp3) is 0.111. The minimum absolute atomic E-state index is 0. The summed E-state index contributed by atoms with van der Waals surface area (Å²) in [4.78, 5) is 5.94. The third kappa shape index (κ3) is 4.65. The van der Waals surface area contributed by atoms with Gasteiger partial charge in [-0.15, -0.1) is 5.17 Å². The Bertz CT molecular complexity index is 659. The van der Waals surface area contributed by atoms with Gasteiger partial charge in [-0.1, -0.05) is 42.5 Å². The lowest BCUT2D eigenvalue weighted by Crippen LogP contribution is -3.53. The van der Waals surface area contributed by atoms with E-state index < -0.39 is 0 Å². The molecule has 0 fully saturated rings. The van der Waals surface area contributed by atoms with Crippen LogP contribution in [-0.2, 0) is 4.84 Å². The highest BCUT2D eigenvalue weighted by Crippen LogP contribution is 2.09. The molecule has 0 heterocycles. The molecule has 2 unspecified atom stereocenters. The summed E-state index contributed by atoms with van der Waals surface area (Å²) in [5.74, 6) is 0.731. The van der Waals surface area contributed by atoms with Gasteiger partial charge in [0.05, 0.1) is 0 Å². The molecule has 0 radical (unpaired) electrons. The molecule has 0 bridgehead atoms. The van der Waals surface area contributed by atoms with Crippen LogP contribution < -0.4 is 34.3 Å². The molecule has 2 N–H and O–H groups in total. The van der Waals surface area contributed by atoms with Crippen LogP contribution in [0.1, 0.15) is 12.8 Å². The van der Waals surface area contributed by atoms with Crippen LogP contribution in [0, 0.1) is 5.21 Å². The van der Waals surface area contributed by atoms with Gasteiger partial charge in [0.2, 0.25) is 5.69 Å². The maximum atomic E-state index is 12.8. The van der Waals surface area contributed by atoms with Crippen molar-refractivity contribution in [2.45, 2.75) is 12.8 Å². The average Bonchev–Trinajstić information content (AvgIpc) is 2.61. The molecule has 120 valence electrons. The van der Waals surface area contributed by atoms with Crippen LogP contribution in [0.25, 0.3) is 0 Å². The normalized spacial score (nSPS) is 16.0. The second-order valence-electron chi connectivity index (χ2n) is 5.08. The number of hydrogen-bond acceptors (Lipinski definition) is 2. The van der Waals surface area contributed by atoms with Gasteiger partial charge in [-0.25, -0.2) is 0 Å². The number of halogens is 1. The van der Waals surface area contributed by atoms with Gasteiger partial charge < -0.3 is 29.2 Å². The fourth-order valence-electron chi connectivity index (χ4n) is 2.33. The standard InChI is InChI=1S/C18H19N2O2.HI/c21-19(16-10-4-1-5-11-16)20(17-12-6-2-7-13-17)22-18-14-8-3-9-15-18;/h1-2,4-8,10-15,19-20H,3,9H2;1H/q+1;/p-1. The number of nitrogens with one attached hydrogen (secondary N) is 2. The molecule has 0 amide bonds. The summed E-state index contributed by atoms with van der Waals surface area (Å²) >= 11 is 0. The lowest BCUT2D eigenvalue weighted by atomic mass is 10.2. The number of benzene rings is 2. The molecule has 23 heavy (non-hydrogen) atoms. The van der Waals surface area contributed by atoms with Crippen molar-refractivity contribution in [3.63, 3.8) is 0 Å². The Labute approximate surface area is 153 Å². The summed E-state index contributed by atoms with van der Waals surface area (Å²) in [5.41, 5.74) is 1.41. The largest absolute Gasteiger partial charge is 1.00 e. The summed E-state index contributed by atoms with van der Waals surface area (Å²) < 4.78 is 0. The van der Waals surface area contributed by atoms with E-state index in [0.717, 1.165) is 24.3 Å². The van der Waals surface area contributed by atoms with Crippen molar-refractivity contribution >= 4 is 11.4 Å². The van der Waals surface area contributed by atoms with Crippen LogP contribution in [0.4, 0.5) is 11.4 Å². The summed E-state index contributed by atoms with van der Waals surface area (Å²) in [6, 6.07) is 18.7. The molecule has 0 aliphatic heterocycles. The van der Waals surface area contributed by atoms with Gasteiger partial charge in [-0.3, -0.25) is 4.84 Å². The van der Waals surface area contributed by atoms with Crippen LogP contribution in [0.15, 0.2) is 84.7 Å². The molecule has 0 saturated carbocycles. The highest BCUT2D eigenvalue weighted by Gasteiger charge is 2.24. The van der Waals surface area contributed by atoms with Gasteiger partial charge in [0, 0.05) is 29.4 Å². The lowest BCUT2D eigenvalue weighted by molar-refractivity contribution is -1.51. The van der Waals surface area contributed by atoms with Gasteiger partial charge in [0.1, 0.15) is 0 Å². The Hall–Kier alpha value is -1.67. The van der Waals surface area contributed by atoms with E-state index in [-0.39, 0.29) is 29.1 Å². The van der Waals surface area contributed by atoms with E-state index in [1.165, 1.54) is 0 Å². The number of para-hydroxylation sites is 2. The van der Waals surface area contributed by atoms with Gasteiger partial charge in [-0.05, 0) is 25.0 Å². The Morgan fingerprint density at radius 1 is 0.826 bits per heavy atom. The smallest absolute Gasteiger partial charge is 0.223 e. The minimum atomic E-state index is -0.105. The zero-order valence-electron chi connectivity index (χ0n) is 12.6. The molecule has 0 aromatic heterocycles. The first-order valence-electron chi connectivity index (χ1n) is 7.41. The van der Waals surface area contributed by atoms with Crippen molar-refractivity contribution in [1.82, 2.24) is 0 Å². The van der Waals surface area contributed by atoms with E-state index in [1.54, 1.807) is 12.1 Å². The summed E-state index contributed by atoms with van der Waals surface area (Å²) in [5, 5.41) is 13.1. The molecule has 3 rings (SSSR count). The minimum Gasteiger partial charge on any atom is -1.00 e. The maximum Gasteiger partial charge on any atom is 0.223 e. The predicted octanol–water partition coefficient (Wildman–Crippen LogP) is -0.998. The maximum absolute atomic E-state index is 12.8. The Morgan fingerprint density at radius 2 is 1.43 bits per heavy atom. The van der Waals surface area contributed by atoms with Crippen molar-refractivity contribution in [3.05, 3.63) is 89.9 Å². The predicted molar refractivity (Wildman–Crippen MR) is 85.0 cm³/mol. The van der Waals surface area contributed by atoms with Crippen molar-refractivity contribution in [3.8, 4) is 0 Å². The molecule has 2 aromatic carbocycles. The van der Waals surface area contributed by atoms with Crippen molar-refractivity contribution < 1.29 is 39.2 Å². The van der Waals surface area contributed by atoms with Crippen LogP contribution in [-0.4, -0.2) is 0 Å². The van der Waals surface area contributed by atoms with Crippen molar-refractivity contribution in [1.29, 1.82) is 0 Å². The quantitative estimate of drug-likeness (QED) is 0.480. The monoisotopic (exact) mass is 422 g/mol. The van der Waals surface area contributed by atoms with E-state index in [2.05, 4.69) is 6.08 Å². The molecule has 0 spiro atoms. The molecule has 2 atom stereocenters. The number of allylic oxidation sites excluding steroid dienone is 3. The molecular formula is C18H19IN2O2. The van der Waals surface area contributed by atoms with E-state index >= 15 is 0 Å². The SMILES string of the molecule is [I-].[O-][NH+](c1ccccc1)[NH+](OC1=CCCC=C1)c1ccccc1. The molecule has 1 aliphatic carbocycles. The first kappa shape index (κ1) is 17.7. The van der Waals surface area contributed by atoms with Gasteiger partial charge in [0.15, 0.2) is 11.4 Å². The third-order valence-electron chi connectivity index (χ3n) is 3.46. The van der Waals surface area contributed by atoms with E-state index in [1.807, 2.05) is 60.7 Å². The molecule has 4 nitrogen and oxygen atoms in total. The Kier molecular flexibility index (Phi) is 6.79. The first-order valence-corrected chi connectivity index (χ1v) is 7.41. The number of quaternary nitrogens is 2. The summed E-state index contributed by atoms with van der Waals surface area (Å²) in [7, 11) is 0. The van der Waals surface area contributed by atoms with Crippen LogP contribution in [0.5, 0.6) is 0 Å². The second kappa shape index (κ2) is 8.83. The van der Waals surface area contributed by atoms with Gasteiger partial charge in [-0.2, -0.15) is 0 Å². The third-order valence-corrected chi connectivity index (χ3v) is 3.46. The van der Waals surface area contributed by atoms with E-state index in [9.17, 15) is 5.21 Å². The topological polar surface area (TPSA) is 41.2 Å². The van der Waals surface area contributed by atoms with Crippen LogP contribution in [0.3, 0.4) is 0 Å². The van der Waals surface area contributed by atoms with Gasteiger partial charge in [0.25, 0.3) is 0 Å². The first-order chi connectivity index (χ1) is 10.8. The van der Waals surface area contributed by atoms with Crippen LogP contribution >= 0.6 is 0 Å². The number of rotatable bonds is 5. The zero-order valence-corrected chi connectivity index (χ0v) is 14.8. The highest BCUT2D eigenvalue weighted by molar-refractivity contribution is 5.29. The summed E-state index contributed by atoms with van der Waals surface area (Å²) in [6.45, 7) is 0. The highest BCUT2D eigenvalue weighted by atomic mass is 127. The zero-order chi connectivity index (χ0) is 15.2. The van der Waals surface area contributed by atoms with Crippen molar-refractivity contribution in [2.24, 2.45) is 0 Å². The molecule has 1 aliphatic rings. The second-order valence-corrected chi connectivity index (χ2v) is 5.08. The van der Waals surface area contributed by atoms with Gasteiger partial charge >= 0.3 is 0 Å². The Balaban J connectivity index is 0.00000192. The summed E-state index contributed by atoms with van der Waals surface area (Å²) in [6.07, 6.45) is 7.95. The van der Waals surface area contributed by atoms with E-state index in [4.69, 9.17) is 4.84 Å². The molecular weight excluding hydrogens is 403 g/mol. The lowest BCUT2D eigenvalue weighted by Gasteiger charge is -2.27. The van der Waals surface area contributed by atoms with Crippen molar-refractivity contribution in [2.75, 3.05) is 0 Å².